The first kappa shape index (κ1) is 17.4. The minimum Gasteiger partial charge on any atom is -0.152 e. The van der Waals surface area contributed by atoms with Gasteiger partial charge in [0.15, 0.2) is 0 Å². The van der Waals surface area contributed by atoms with Gasteiger partial charge in [-0.25, -0.2) is 0 Å². The fraction of sp³-hybridized carbons (Fsp3) is 0.250. The molecule has 0 bridgehead atoms. The van der Waals surface area contributed by atoms with E-state index in [0.717, 1.165) is 0 Å². The molecule has 136 valence electrons. The van der Waals surface area contributed by atoms with Gasteiger partial charge >= 0.3 is 0 Å². The molecule has 0 saturated heterocycles. The Labute approximate surface area is 172 Å². The predicted molar refractivity (Wildman–Crippen MR) is 126 cm³/mol. The molecule has 0 spiro atoms. The quantitative estimate of drug-likeness (QED) is 0.247. The Morgan fingerprint density at radius 1 is 0.741 bits per heavy atom. The van der Waals surface area contributed by atoms with E-state index in [1.54, 1.807) is 11.3 Å². The Balaban J connectivity index is 1.53. The molecule has 0 saturated carbocycles. The van der Waals surface area contributed by atoms with Gasteiger partial charge in [0.05, 0.1) is 9.40 Å². The summed E-state index contributed by atoms with van der Waals surface area (Å²) in [5.41, 5.74) is 4.16. The average Bonchev–Trinajstić information content (AvgIpc) is 3.40. The van der Waals surface area contributed by atoms with Crippen LogP contribution in [0.1, 0.15) is 38.2 Å². The third kappa shape index (κ3) is 3.22. The first-order chi connectivity index (χ1) is 13.3. The van der Waals surface area contributed by atoms with Crippen LogP contribution in [-0.4, -0.2) is 0 Å². The number of hydrogen-bond acceptors (Lipinski definition) is 3. The number of fused-ring (bicyclic) bond motifs is 5. The normalized spacial score (nSPS) is 11.9. The molecule has 0 aliphatic carbocycles. The summed E-state index contributed by atoms with van der Waals surface area (Å²) in [4.78, 5) is 0. The van der Waals surface area contributed by atoms with Crippen LogP contribution in [0.5, 0.6) is 0 Å². The van der Waals surface area contributed by atoms with Gasteiger partial charge in [-0.05, 0) is 58.5 Å². The standard InChI is InChI=1S/C24H22S3/c1-2-3-4-5-6-16-7-9-19-21(13-16)26-24-20-10-8-17(18-11-12-25-15-18)14-22(20)27-23(19)24/h7-15H,2-6H2,1H3. The molecular weight excluding hydrogens is 384 g/mol. The number of rotatable bonds is 6. The van der Waals surface area contributed by atoms with E-state index in [2.05, 4.69) is 60.1 Å². The zero-order chi connectivity index (χ0) is 18.2. The molecule has 0 aliphatic rings. The first-order valence-electron chi connectivity index (χ1n) is 9.74. The predicted octanol–water partition coefficient (Wildman–Crippen LogP) is 9.12. The van der Waals surface area contributed by atoms with E-state index in [4.69, 9.17) is 0 Å². The van der Waals surface area contributed by atoms with E-state index in [9.17, 15) is 0 Å². The number of aryl methyl sites for hydroxylation is 1. The molecule has 0 atom stereocenters. The molecule has 0 N–H and O–H groups in total. The van der Waals surface area contributed by atoms with Gasteiger partial charge in [-0.15, -0.1) is 22.7 Å². The van der Waals surface area contributed by atoms with Crippen LogP contribution in [0.3, 0.4) is 0 Å². The molecule has 3 heteroatoms. The monoisotopic (exact) mass is 406 g/mol. The van der Waals surface area contributed by atoms with Crippen LogP contribution in [0.25, 0.3) is 40.7 Å². The van der Waals surface area contributed by atoms with Gasteiger partial charge in [-0.3, -0.25) is 0 Å². The first-order valence-corrected chi connectivity index (χ1v) is 12.3. The summed E-state index contributed by atoms with van der Waals surface area (Å²) in [6.07, 6.45) is 6.54. The van der Waals surface area contributed by atoms with Crippen molar-refractivity contribution in [1.82, 2.24) is 0 Å². The zero-order valence-electron chi connectivity index (χ0n) is 15.5. The maximum absolute atomic E-state index is 2.43. The fourth-order valence-electron chi connectivity index (χ4n) is 3.82. The lowest BCUT2D eigenvalue weighted by Crippen LogP contribution is -1.85. The Kier molecular flexibility index (Phi) is 4.76. The second kappa shape index (κ2) is 7.38. The smallest absolute Gasteiger partial charge is 0.0542 e. The summed E-state index contributed by atoms with van der Waals surface area (Å²) in [5.74, 6) is 0. The highest BCUT2D eigenvalue weighted by molar-refractivity contribution is 7.36. The van der Waals surface area contributed by atoms with Gasteiger partial charge in [0.1, 0.15) is 0 Å². The third-order valence-electron chi connectivity index (χ3n) is 5.32. The van der Waals surface area contributed by atoms with Crippen molar-refractivity contribution in [3.05, 3.63) is 58.8 Å². The van der Waals surface area contributed by atoms with E-state index in [0.29, 0.717) is 0 Å². The van der Waals surface area contributed by atoms with Crippen LogP contribution in [-0.2, 0) is 6.42 Å². The van der Waals surface area contributed by atoms with Crippen molar-refractivity contribution in [2.75, 3.05) is 0 Å². The highest BCUT2D eigenvalue weighted by Gasteiger charge is 2.13. The molecule has 0 nitrogen and oxygen atoms in total. The highest BCUT2D eigenvalue weighted by Crippen LogP contribution is 2.45. The Morgan fingerprint density at radius 2 is 1.52 bits per heavy atom. The maximum atomic E-state index is 2.43. The summed E-state index contributed by atoms with van der Waals surface area (Å²) in [6.45, 7) is 2.28. The minimum absolute atomic E-state index is 1.21. The summed E-state index contributed by atoms with van der Waals surface area (Å²) in [5, 5.41) is 7.24. The zero-order valence-corrected chi connectivity index (χ0v) is 17.9. The number of thiophene rings is 3. The topological polar surface area (TPSA) is 0 Å². The summed E-state index contributed by atoms with van der Waals surface area (Å²) in [6, 6.07) is 16.3. The largest absolute Gasteiger partial charge is 0.152 e. The van der Waals surface area contributed by atoms with Crippen molar-refractivity contribution < 1.29 is 0 Å². The van der Waals surface area contributed by atoms with Crippen molar-refractivity contribution >= 4 is 63.6 Å². The highest BCUT2D eigenvalue weighted by atomic mass is 32.1. The third-order valence-corrected chi connectivity index (χ3v) is 8.50. The summed E-state index contributed by atoms with van der Waals surface area (Å²) >= 11 is 5.69. The van der Waals surface area contributed by atoms with Crippen LogP contribution in [0.15, 0.2) is 53.2 Å². The van der Waals surface area contributed by atoms with E-state index < -0.39 is 0 Å². The molecule has 0 unspecified atom stereocenters. The fourth-order valence-corrected chi connectivity index (χ4v) is 7.24. The molecule has 2 aromatic carbocycles. The lowest BCUT2D eigenvalue weighted by molar-refractivity contribution is 0.667. The van der Waals surface area contributed by atoms with Crippen LogP contribution >= 0.6 is 34.0 Å². The Bertz CT molecular complexity index is 1210. The average molecular weight is 407 g/mol. The maximum Gasteiger partial charge on any atom is 0.0542 e. The van der Waals surface area contributed by atoms with Crippen molar-refractivity contribution in [2.45, 2.75) is 39.0 Å². The Hall–Kier alpha value is -1.68. The number of unbranched alkanes of at least 4 members (excludes halogenated alkanes) is 3. The molecule has 5 aromatic rings. The van der Waals surface area contributed by atoms with Crippen LogP contribution < -0.4 is 0 Å². The Morgan fingerprint density at radius 3 is 2.26 bits per heavy atom. The second-order valence-corrected chi connectivity index (χ2v) is 10.1. The van der Waals surface area contributed by atoms with Crippen molar-refractivity contribution in [3.63, 3.8) is 0 Å². The molecular formula is C24H22S3. The van der Waals surface area contributed by atoms with Gasteiger partial charge in [0.2, 0.25) is 0 Å². The lowest BCUT2D eigenvalue weighted by atomic mass is 10.1. The minimum atomic E-state index is 1.21. The van der Waals surface area contributed by atoms with Crippen molar-refractivity contribution in [3.8, 4) is 11.1 Å². The molecule has 0 fully saturated rings. The molecule has 3 aromatic heterocycles. The molecule has 27 heavy (non-hydrogen) atoms. The lowest BCUT2D eigenvalue weighted by Gasteiger charge is -2.01. The van der Waals surface area contributed by atoms with Gasteiger partial charge < -0.3 is 0 Å². The van der Waals surface area contributed by atoms with Gasteiger partial charge in [0, 0.05) is 20.2 Å². The van der Waals surface area contributed by atoms with Crippen LogP contribution in [0.2, 0.25) is 0 Å². The van der Waals surface area contributed by atoms with Crippen LogP contribution in [0, 0.1) is 0 Å². The number of benzene rings is 2. The van der Waals surface area contributed by atoms with Gasteiger partial charge in [0.25, 0.3) is 0 Å². The number of hydrogen-bond donors (Lipinski definition) is 0. The van der Waals surface area contributed by atoms with Gasteiger partial charge in [-0.2, -0.15) is 11.3 Å². The van der Waals surface area contributed by atoms with Crippen LogP contribution in [0.4, 0.5) is 0 Å². The van der Waals surface area contributed by atoms with E-state index in [1.807, 2.05) is 22.7 Å². The second-order valence-electron chi connectivity index (χ2n) is 7.23. The molecule has 3 heterocycles. The van der Waals surface area contributed by atoms with E-state index in [-0.39, 0.29) is 0 Å². The van der Waals surface area contributed by atoms with E-state index >= 15 is 0 Å². The molecule has 5 rings (SSSR count). The summed E-state index contributed by atoms with van der Waals surface area (Å²) in [7, 11) is 0. The molecule has 0 radical (unpaired) electrons. The van der Waals surface area contributed by atoms with Gasteiger partial charge in [-0.1, -0.05) is 50.5 Å². The summed E-state index contributed by atoms with van der Waals surface area (Å²) < 4.78 is 5.79. The molecule has 0 aliphatic heterocycles. The molecule has 0 amide bonds. The SMILES string of the molecule is CCCCCCc1ccc2c(c1)sc1c3ccc(-c4ccsc4)cc3sc21. The van der Waals surface area contributed by atoms with E-state index in [1.165, 1.54) is 78.4 Å². The van der Waals surface area contributed by atoms with Crippen molar-refractivity contribution in [2.24, 2.45) is 0 Å². The van der Waals surface area contributed by atoms with Crippen molar-refractivity contribution in [1.29, 1.82) is 0 Å².